The molecule has 0 spiro atoms. The molecule has 1 aliphatic heterocycles. The summed E-state index contributed by atoms with van der Waals surface area (Å²) in [5, 5.41) is 4.96. The maximum atomic E-state index is 5.52. The van der Waals surface area contributed by atoms with E-state index in [2.05, 4.69) is 62.4 Å². The molecule has 0 unspecified atom stereocenters. The molecular weight excluding hydrogens is 426 g/mol. The van der Waals surface area contributed by atoms with E-state index < -0.39 is 0 Å². The van der Waals surface area contributed by atoms with Gasteiger partial charge in [-0.15, -0.1) is 0 Å². The van der Waals surface area contributed by atoms with E-state index in [0.717, 1.165) is 62.7 Å². The fourth-order valence-electron chi connectivity index (χ4n) is 4.63. The van der Waals surface area contributed by atoms with Crippen LogP contribution in [-0.4, -0.2) is 54.4 Å². The molecule has 3 aromatic rings. The Balaban J connectivity index is 1.23. The highest BCUT2D eigenvalue weighted by Crippen LogP contribution is 2.26. The molecule has 0 atom stereocenters. The van der Waals surface area contributed by atoms with Gasteiger partial charge in [0.15, 0.2) is 5.76 Å². The molecule has 1 saturated heterocycles. The van der Waals surface area contributed by atoms with Crippen LogP contribution < -0.4 is 15.0 Å². The molecule has 7 heteroatoms. The van der Waals surface area contributed by atoms with Crippen LogP contribution >= 0.6 is 0 Å². The summed E-state index contributed by atoms with van der Waals surface area (Å²) in [4.78, 5) is 11.4. The SMILES string of the molecule is C=C=C(OCC)c1cnc(N2CCC(CNCCc3cn(C)c4ccc(OC)cc34)CC2)nc1. The fraction of sp³-hybridized carbons (Fsp3) is 0.444. The number of aryl methyl sites for hydroxylation is 1. The topological polar surface area (TPSA) is 64.4 Å². The summed E-state index contributed by atoms with van der Waals surface area (Å²) in [6.45, 7) is 10.2. The van der Waals surface area contributed by atoms with Crippen molar-refractivity contribution in [3.8, 4) is 5.75 Å². The zero-order chi connectivity index (χ0) is 23.9. The summed E-state index contributed by atoms with van der Waals surface area (Å²) in [6, 6.07) is 6.29. The van der Waals surface area contributed by atoms with Gasteiger partial charge in [0, 0.05) is 49.6 Å². The first-order chi connectivity index (χ1) is 16.6. The van der Waals surface area contributed by atoms with Crippen LogP contribution in [0, 0.1) is 5.92 Å². The van der Waals surface area contributed by atoms with Crippen molar-refractivity contribution >= 4 is 22.6 Å². The van der Waals surface area contributed by atoms with Crippen molar-refractivity contribution in [1.29, 1.82) is 0 Å². The van der Waals surface area contributed by atoms with Gasteiger partial charge in [-0.3, -0.25) is 0 Å². The van der Waals surface area contributed by atoms with E-state index in [1.807, 2.05) is 13.0 Å². The number of hydrogen-bond donors (Lipinski definition) is 1. The first kappa shape index (κ1) is 23.9. The van der Waals surface area contributed by atoms with Gasteiger partial charge in [0.1, 0.15) is 5.75 Å². The van der Waals surface area contributed by atoms with Crippen LogP contribution in [0.4, 0.5) is 5.95 Å². The maximum Gasteiger partial charge on any atom is 0.225 e. The van der Waals surface area contributed by atoms with Crippen LogP contribution in [0.25, 0.3) is 16.7 Å². The summed E-state index contributed by atoms with van der Waals surface area (Å²) in [5.41, 5.74) is 6.22. The first-order valence-corrected chi connectivity index (χ1v) is 12.1. The minimum absolute atomic E-state index is 0.567. The lowest BCUT2D eigenvalue weighted by Crippen LogP contribution is -2.38. The van der Waals surface area contributed by atoms with Gasteiger partial charge in [-0.2, -0.15) is 0 Å². The van der Waals surface area contributed by atoms with E-state index in [1.54, 1.807) is 19.5 Å². The molecule has 4 rings (SSSR count). The average molecular weight is 462 g/mol. The van der Waals surface area contributed by atoms with E-state index in [1.165, 1.54) is 16.5 Å². The smallest absolute Gasteiger partial charge is 0.225 e. The highest BCUT2D eigenvalue weighted by atomic mass is 16.5. The number of anilines is 1. The first-order valence-electron chi connectivity index (χ1n) is 12.1. The van der Waals surface area contributed by atoms with E-state index in [9.17, 15) is 0 Å². The lowest BCUT2D eigenvalue weighted by atomic mass is 9.97. The quantitative estimate of drug-likeness (QED) is 0.278. The molecule has 0 aliphatic carbocycles. The van der Waals surface area contributed by atoms with Crippen LogP contribution in [-0.2, 0) is 18.2 Å². The molecule has 7 nitrogen and oxygen atoms in total. The van der Waals surface area contributed by atoms with Crippen molar-refractivity contribution in [1.82, 2.24) is 19.9 Å². The van der Waals surface area contributed by atoms with Gasteiger partial charge in [0.25, 0.3) is 0 Å². The molecule has 1 fully saturated rings. The highest BCUT2D eigenvalue weighted by Gasteiger charge is 2.21. The van der Waals surface area contributed by atoms with Crippen LogP contribution in [0.15, 0.2) is 49.1 Å². The van der Waals surface area contributed by atoms with Crippen molar-refractivity contribution in [2.75, 3.05) is 44.8 Å². The minimum Gasteiger partial charge on any atom is -0.497 e. The monoisotopic (exact) mass is 461 g/mol. The highest BCUT2D eigenvalue weighted by molar-refractivity contribution is 5.85. The molecule has 0 saturated carbocycles. The summed E-state index contributed by atoms with van der Waals surface area (Å²) in [5.74, 6) is 2.96. The Morgan fingerprint density at radius 2 is 2.00 bits per heavy atom. The number of ether oxygens (including phenoxy) is 2. The van der Waals surface area contributed by atoms with Crippen LogP contribution in [0.2, 0.25) is 0 Å². The second kappa shape index (κ2) is 11.2. The van der Waals surface area contributed by atoms with E-state index in [-0.39, 0.29) is 0 Å². The molecule has 1 aliphatic rings. The second-order valence-electron chi connectivity index (χ2n) is 8.74. The third kappa shape index (κ3) is 5.44. The molecule has 3 heterocycles. The second-order valence-corrected chi connectivity index (χ2v) is 8.74. The fourth-order valence-corrected chi connectivity index (χ4v) is 4.63. The molecule has 0 radical (unpaired) electrons. The normalized spacial score (nSPS) is 14.3. The number of hydrogen-bond acceptors (Lipinski definition) is 6. The molecule has 2 aromatic heterocycles. The number of aromatic nitrogens is 3. The largest absolute Gasteiger partial charge is 0.497 e. The zero-order valence-electron chi connectivity index (χ0n) is 20.5. The lowest BCUT2D eigenvalue weighted by Gasteiger charge is -2.32. The lowest BCUT2D eigenvalue weighted by molar-refractivity contribution is 0.298. The standard InChI is InChI=1S/C27H35N5O2/c1-5-26(34-6-2)22-17-29-27(30-18-22)32-13-10-20(11-14-32)16-28-12-9-21-19-31(3)25-8-7-23(33-4)15-24(21)25/h7-8,15,17-20,28H,1,6,9-14,16H2,2-4H3. The third-order valence-electron chi connectivity index (χ3n) is 6.53. The predicted molar refractivity (Wildman–Crippen MR) is 137 cm³/mol. The number of fused-ring (bicyclic) bond motifs is 1. The van der Waals surface area contributed by atoms with E-state index in [0.29, 0.717) is 18.3 Å². The van der Waals surface area contributed by atoms with E-state index in [4.69, 9.17) is 9.47 Å². The van der Waals surface area contributed by atoms with Gasteiger partial charge in [-0.25, -0.2) is 9.97 Å². The van der Waals surface area contributed by atoms with Crippen molar-refractivity contribution in [2.24, 2.45) is 13.0 Å². The Bertz CT molecular complexity index is 1140. The Hall–Kier alpha value is -3.28. The molecule has 180 valence electrons. The molecule has 0 bridgehead atoms. The molecule has 1 aromatic carbocycles. The number of piperidine rings is 1. The molecule has 1 N–H and O–H groups in total. The maximum absolute atomic E-state index is 5.52. The number of nitrogens with zero attached hydrogens (tertiary/aromatic N) is 4. The summed E-state index contributed by atoms with van der Waals surface area (Å²) in [7, 11) is 3.82. The number of methoxy groups -OCH3 is 1. The Morgan fingerprint density at radius 1 is 1.24 bits per heavy atom. The van der Waals surface area contributed by atoms with E-state index >= 15 is 0 Å². The Kier molecular flexibility index (Phi) is 7.88. The van der Waals surface area contributed by atoms with Gasteiger partial charge in [-0.1, -0.05) is 12.3 Å². The Labute approximate surface area is 202 Å². The van der Waals surface area contributed by atoms with Crippen LogP contribution in [0.5, 0.6) is 5.75 Å². The summed E-state index contributed by atoms with van der Waals surface area (Å²) < 4.78 is 13.1. The molecular formula is C27H35N5O2. The van der Waals surface area contributed by atoms with Crippen molar-refractivity contribution < 1.29 is 9.47 Å². The van der Waals surface area contributed by atoms with Crippen LogP contribution in [0.1, 0.15) is 30.9 Å². The van der Waals surface area contributed by atoms with Gasteiger partial charge < -0.3 is 24.3 Å². The number of nitrogens with one attached hydrogen (secondary N) is 1. The third-order valence-corrected chi connectivity index (χ3v) is 6.53. The average Bonchev–Trinajstić information content (AvgIpc) is 3.20. The number of benzene rings is 1. The van der Waals surface area contributed by atoms with Crippen molar-refractivity contribution in [2.45, 2.75) is 26.2 Å². The van der Waals surface area contributed by atoms with Gasteiger partial charge in [-0.05, 0) is 69.0 Å². The minimum atomic E-state index is 0.567. The molecule has 34 heavy (non-hydrogen) atoms. The Morgan fingerprint density at radius 3 is 2.68 bits per heavy atom. The van der Waals surface area contributed by atoms with Gasteiger partial charge >= 0.3 is 0 Å². The van der Waals surface area contributed by atoms with Crippen molar-refractivity contribution in [3.63, 3.8) is 0 Å². The van der Waals surface area contributed by atoms with Crippen LogP contribution in [0.3, 0.4) is 0 Å². The zero-order valence-corrected chi connectivity index (χ0v) is 20.5. The van der Waals surface area contributed by atoms with Gasteiger partial charge in [0.2, 0.25) is 5.95 Å². The summed E-state index contributed by atoms with van der Waals surface area (Å²) in [6.07, 6.45) is 9.11. The number of rotatable bonds is 10. The molecule has 0 amide bonds. The van der Waals surface area contributed by atoms with Gasteiger partial charge in [0.05, 0.1) is 19.3 Å². The predicted octanol–water partition coefficient (Wildman–Crippen LogP) is 4.19. The van der Waals surface area contributed by atoms with Crippen molar-refractivity contribution in [3.05, 3.63) is 60.2 Å². The summed E-state index contributed by atoms with van der Waals surface area (Å²) >= 11 is 0.